The normalized spacial score (nSPS) is 10.9. The zero-order valence-electron chi connectivity index (χ0n) is 16.9. The first-order valence-electron chi connectivity index (χ1n) is 9.63. The minimum Gasteiger partial charge on any atom is -0.496 e. The van der Waals surface area contributed by atoms with Crippen molar-refractivity contribution in [3.8, 4) is 5.75 Å². The van der Waals surface area contributed by atoms with E-state index in [1.165, 1.54) is 0 Å². The van der Waals surface area contributed by atoms with E-state index in [4.69, 9.17) is 14.2 Å². The molecule has 0 aliphatic carbocycles. The van der Waals surface area contributed by atoms with Crippen LogP contribution in [0.3, 0.4) is 0 Å². The smallest absolute Gasteiger partial charge is 0.338 e. The van der Waals surface area contributed by atoms with Gasteiger partial charge in [0.15, 0.2) is 6.61 Å². The van der Waals surface area contributed by atoms with Gasteiger partial charge >= 0.3 is 5.97 Å². The van der Waals surface area contributed by atoms with Crippen molar-refractivity contribution in [2.75, 3.05) is 20.3 Å². The van der Waals surface area contributed by atoms with Crippen LogP contribution in [0, 0.1) is 0 Å². The molecule has 0 saturated heterocycles. The molecule has 0 aliphatic rings. The number of carbonyl (C=O) groups excluding carboxylic acids is 2. The van der Waals surface area contributed by atoms with E-state index in [9.17, 15) is 9.59 Å². The lowest BCUT2D eigenvalue weighted by Gasteiger charge is -2.10. The molecule has 0 unspecified atom stereocenters. The summed E-state index contributed by atoms with van der Waals surface area (Å²) in [6.45, 7) is 4.51. The molecule has 1 aromatic heterocycles. The molecule has 29 heavy (non-hydrogen) atoms. The van der Waals surface area contributed by atoms with Gasteiger partial charge in [0, 0.05) is 34.8 Å². The predicted octanol–water partition coefficient (Wildman–Crippen LogP) is 4.32. The molecule has 6 nitrogen and oxygen atoms in total. The van der Waals surface area contributed by atoms with E-state index in [-0.39, 0.29) is 12.4 Å². The number of esters is 1. The molecule has 0 spiro atoms. The van der Waals surface area contributed by atoms with Crippen LogP contribution < -0.4 is 4.74 Å². The lowest BCUT2D eigenvalue weighted by molar-refractivity contribution is 0.0474. The Morgan fingerprint density at radius 3 is 2.62 bits per heavy atom. The standard InChI is InChI=1S/C23H25NO5/c1-4-15-7-6-8-18-19(12-24-22(15)18)20(25)14-29-23(26)16-9-10-21(27-3)17(11-16)13-28-5-2/h6-12,24H,4-5,13-14H2,1-3H3. The van der Waals surface area contributed by atoms with Gasteiger partial charge in [-0.15, -0.1) is 0 Å². The number of aromatic nitrogens is 1. The van der Waals surface area contributed by atoms with Gasteiger partial charge in [0.25, 0.3) is 0 Å². The molecule has 2 aromatic carbocycles. The first-order chi connectivity index (χ1) is 14.1. The summed E-state index contributed by atoms with van der Waals surface area (Å²) < 4.78 is 16.0. The van der Waals surface area contributed by atoms with Crippen molar-refractivity contribution in [1.82, 2.24) is 4.98 Å². The number of para-hydroxylation sites is 1. The van der Waals surface area contributed by atoms with Crippen molar-refractivity contribution >= 4 is 22.7 Å². The Bertz CT molecular complexity index is 1020. The Kier molecular flexibility index (Phi) is 6.67. The quantitative estimate of drug-likeness (QED) is 0.431. The molecule has 3 rings (SSSR count). The van der Waals surface area contributed by atoms with Crippen LogP contribution in [-0.4, -0.2) is 37.1 Å². The molecular formula is C23H25NO5. The van der Waals surface area contributed by atoms with Gasteiger partial charge in [0.2, 0.25) is 5.78 Å². The minimum absolute atomic E-state index is 0.249. The number of rotatable bonds is 9. The first-order valence-corrected chi connectivity index (χ1v) is 9.63. The summed E-state index contributed by atoms with van der Waals surface area (Å²) in [4.78, 5) is 28.2. The number of ketones is 1. The van der Waals surface area contributed by atoms with Crippen LogP contribution in [0.1, 0.15) is 45.7 Å². The van der Waals surface area contributed by atoms with Gasteiger partial charge in [-0.2, -0.15) is 0 Å². The van der Waals surface area contributed by atoms with Gasteiger partial charge in [-0.3, -0.25) is 4.79 Å². The molecule has 1 heterocycles. The Morgan fingerprint density at radius 2 is 1.90 bits per heavy atom. The van der Waals surface area contributed by atoms with Crippen LogP contribution in [0.15, 0.2) is 42.6 Å². The van der Waals surface area contributed by atoms with Crippen molar-refractivity contribution in [1.29, 1.82) is 0 Å². The van der Waals surface area contributed by atoms with Crippen LogP contribution in [0.25, 0.3) is 10.9 Å². The van der Waals surface area contributed by atoms with Gasteiger partial charge in [0.05, 0.1) is 19.3 Å². The third-order valence-electron chi connectivity index (χ3n) is 4.80. The monoisotopic (exact) mass is 395 g/mol. The lowest BCUT2D eigenvalue weighted by atomic mass is 10.1. The predicted molar refractivity (Wildman–Crippen MR) is 111 cm³/mol. The topological polar surface area (TPSA) is 77.6 Å². The number of methoxy groups -OCH3 is 1. The number of H-pyrrole nitrogens is 1. The highest BCUT2D eigenvalue weighted by Gasteiger charge is 2.17. The molecule has 0 fully saturated rings. The maximum atomic E-state index is 12.6. The summed E-state index contributed by atoms with van der Waals surface area (Å²) in [7, 11) is 1.56. The molecule has 152 valence electrons. The Labute approximate surface area is 169 Å². The molecule has 6 heteroatoms. The Hall–Kier alpha value is -3.12. The number of carbonyl (C=O) groups is 2. The van der Waals surface area contributed by atoms with Crippen molar-refractivity contribution in [2.45, 2.75) is 26.9 Å². The molecule has 3 aromatic rings. The number of hydrogen-bond donors (Lipinski definition) is 1. The van der Waals surface area contributed by atoms with Crippen LogP contribution in [0.2, 0.25) is 0 Å². The van der Waals surface area contributed by atoms with E-state index < -0.39 is 5.97 Å². The third-order valence-corrected chi connectivity index (χ3v) is 4.80. The number of aromatic amines is 1. The number of hydrogen-bond acceptors (Lipinski definition) is 5. The van der Waals surface area contributed by atoms with Crippen molar-refractivity contribution in [2.24, 2.45) is 0 Å². The number of benzene rings is 2. The maximum absolute atomic E-state index is 12.6. The zero-order chi connectivity index (χ0) is 20.8. The summed E-state index contributed by atoms with van der Waals surface area (Å²) in [6, 6.07) is 10.8. The van der Waals surface area contributed by atoms with Crippen molar-refractivity contribution < 1.29 is 23.8 Å². The number of fused-ring (bicyclic) bond motifs is 1. The summed E-state index contributed by atoms with van der Waals surface area (Å²) in [5, 5.41) is 0.842. The van der Waals surface area contributed by atoms with Gasteiger partial charge in [0.1, 0.15) is 5.75 Å². The van der Waals surface area contributed by atoms with E-state index in [0.717, 1.165) is 28.5 Å². The Balaban J connectivity index is 1.71. The molecule has 0 atom stereocenters. The maximum Gasteiger partial charge on any atom is 0.338 e. The molecule has 0 bridgehead atoms. The van der Waals surface area contributed by atoms with Gasteiger partial charge in [-0.05, 0) is 37.1 Å². The van der Waals surface area contributed by atoms with Gasteiger partial charge in [-0.25, -0.2) is 4.79 Å². The SMILES string of the molecule is CCOCc1cc(C(=O)OCC(=O)c2c[nH]c3c(CC)cccc23)ccc1OC. The second-order valence-electron chi connectivity index (χ2n) is 6.56. The zero-order valence-corrected chi connectivity index (χ0v) is 16.9. The number of aryl methyl sites for hydroxylation is 1. The average Bonchev–Trinajstić information content (AvgIpc) is 3.19. The molecule has 0 amide bonds. The van der Waals surface area contributed by atoms with Crippen LogP contribution in [0.5, 0.6) is 5.75 Å². The molecule has 0 saturated carbocycles. The van der Waals surface area contributed by atoms with Crippen LogP contribution in [0.4, 0.5) is 0 Å². The van der Waals surface area contributed by atoms with Crippen molar-refractivity contribution in [3.63, 3.8) is 0 Å². The van der Waals surface area contributed by atoms with E-state index in [0.29, 0.717) is 30.1 Å². The fourth-order valence-corrected chi connectivity index (χ4v) is 3.26. The summed E-state index contributed by atoms with van der Waals surface area (Å²) in [5.74, 6) is -0.176. The van der Waals surface area contributed by atoms with Crippen LogP contribution >= 0.6 is 0 Å². The van der Waals surface area contributed by atoms with E-state index in [1.54, 1.807) is 31.5 Å². The first kappa shape index (κ1) is 20.6. The minimum atomic E-state index is -0.562. The van der Waals surface area contributed by atoms with Crippen molar-refractivity contribution in [3.05, 3.63) is 64.8 Å². The number of nitrogens with one attached hydrogen (secondary N) is 1. The summed E-state index contributed by atoms with van der Waals surface area (Å²) in [5.41, 5.74) is 3.70. The highest BCUT2D eigenvalue weighted by molar-refractivity contribution is 6.09. The van der Waals surface area contributed by atoms with E-state index in [1.807, 2.05) is 25.1 Å². The highest BCUT2D eigenvalue weighted by Crippen LogP contribution is 2.24. The fourth-order valence-electron chi connectivity index (χ4n) is 3.26. The highest BCUT2D eigenvalue weighted by atomic mass is 16.5. The molecule has 0 aliphatic heterocycles. The van der Waals surface area contributed by atoms with Crippen LogP contribution in [-0.2, 0) is 22.5 Å². The third kappa shape index (κ3) is 4.49. The fraction of sp³-hybridized carbons (Fsp3) is 0.304. The second kappa shape index (κ2) is 9.39. The number of Topliss-reactive ketones (excluding diaryl/α,β-unsaturated/α-hetero) is 1. The molecule has 0 radical (unpaired) electrons. The summed E-state index contributed by atoms with van der Waals surface area (Å²) in [6.07, 6.45) is 2.54. The largest absolute Gasteiger partial charge is 0.496 e. The summed E-state index contributed by atoms with van der Waals surface area (Å²) >= 11 is 0. The number of ether oxygens (including phenoxy) is 3. The van der Waals surface area contributed by atoms with Gasteiger partial charge < -0.3 is 19.2 Å². The van der Waals surface area contributed by atoms with E-state index in [2.05, 4.69) is 11.9 Å². The average molecular weight is 395 g/mol. The Morgan fingerprint density at radius 1 is 1.07 bits per heavy atom. The molecular weight excluding hydrogens is 370 g/mol. The van der Waals surface area contributed by atoms with E-state index >= 15 is 0 Å². The molecule has 1 N–H and O–H groups in total. The van der Waals surface area contributed by atoms with Gasteiger partial charge in [-0.1, -0.05) is 25.1 Å². The second-order valence-corrected chi connectivity index (χ2v) is 6.56. The lowest BCUT2D eigenvalue weighted by Crippen LogP contribution is -2.14.